The van der Waals surface area contributed by atoms with Crippen molar-refractivity contribution in [2.45, 2.75) is 31.6 Å². The lowest BCUT2D eigenvalue weighted by Gasteiger charge is -2.05. The zero-order valence-corrected chi connectivity index (χ0v) is 13.3. The molecule has 1 rings (SSSR count). The fraction of sp³-hybridized carbons (Fsp3) is 0.417. The molecule has 0 radical (unpaired) electrons. The topological polar surface area (TPSA) is 121 Å². The first-order chi connectivity index (χ1) is 9.49. The molecule has 0 aromatic heterocycles. The van der Waals surface area contributed by atoms with Gasteiger partial charge in [0.05, 0.1) is 16.3 Å². The van der Waals surface area contributed by atoms with Gasteiger partial charge in [0, 0.05) is 5.71 Å². The van der Waals surface area contributed by atoms with E-state index in [2.05, 4.69) is 4.99 Å². The van der Waals surface area contributed by atoms with Crippen LogP contribution >= 0.6 is 0 Å². The quantitative estimate of drug-likeness (QED) is 0.606. The minimum atomic E-state index is -4.24. The Hall–Kier alpha value is -1.29. The molecule has 0 saturated carbocycles. The first-order valence-corrected chi connectivity index (χ1v) is 9.11. The predicted octanol–water partition coefficient (Wildman–Crippen LogP) is 2.00. The van der Waals surface area contributed by atoms with E-state index in [0.29, 0.717) is 23.4 Å². The summed E-state index contributed by atoms with van der Waals surface area (Å²) < 4.78 is 60.7. The normalized spacial score (nSPS) is 13.4. The number of aliphatic imine (C=N–C) groups is 1. The second-order valence-electron chi connectivity index (χ2n) is 4.66. The molecule has 21 heavy (non-hydrogen) atoms. The van der Waals surface area contributed by atoms with Crippen LogP contribution in [0.4, 0.5) is 5.69 Å². The van der Waals surface area contributed by atoms with E-state index in [9.17, 15) is 16.8 Å². The molecule has 0 saturated heterocycles. The van der Waals surface area contributed by atoms with Crippen molar-refractivity contribution in [1.82, 2.24) is 0 Å². The van der Waals surface area contributed by atoms with Gasteiger partial charge >= 0.3 is 0 Å². The van der Waals surface area contributed by atoms with Gasteiger partial charge in [-0.2, -0.15) is 16.8 Å². The minimum Gasteiger partial charge on any atom is -0.286 e. The molecule has 0 spiro atoms. The van der Waals surface area contributed by atoms with E-state index in [1.807, 2.05) is 0 Å². The summed E-state index contributed by atoms with van der Waals surface area (Å²) in [6, 6.07) is 4.01. The van der Waals surface area contributed by atoms with Gasteiger partial charge in [0.25, 0.3) is 20.2 Å². The second-order valence-corrected chi connectivity index (χ2v) is 7.65. The van der Waals surface area contributed by atoms with Crippen molar-refractivity contribution < 1.29 is 25.9 Å². The number of benzene rings is 1. The van der Waals surface area contributed by atoms with E-state index in [1.54, 1.807) is 13.8 Å². The average molecular weight is 335 g/mol. The Morgan fingerprint density at radius 1 is 1.19 bits per heavy atom. The Balaban J connectivity index is 2.85. The second kappa shape index (κ2) is 6.65. The third-order valence-corrected chi connectivity index (χ3v) is 4.37. The molecular formula is C12H17NO6S2. The highest BCUT2D eigenvalue weighted by molar-refractivity contribution is 7.86. The maximum absolute atomic E-state index is 11.0. The van der Waals surface area contributed by atoms with Crippen LogP contribution in [-0.2, 0) is 20.2 Å². The van der Waals surface area contributed by atoms with Gasteiger partial charge in [-0.15, -0.1) is 0 Å². The number of aryl methyl sites for hydroxylation is 1. The van der Waals surface area contributed by atoms with Crippen LogP contribution in [0.5, 0.6) is 0 Å². The number of nitrogens with zero attached hydrogens (tertiary/aromatic N) is 1. The molecule has 9 heteroatoms. The lowest BCUT2D eigenvalue weighted by Crippen LogP contribution is -2.05. The molecule has 1 aromatic carbocycles. The van der Waals surface area contributed by atoms with Gasteiger partial charge < -0.3 is 0 Å². The van der Waals surface area contributed by atoms with Crippen LogP contribution in [0.25, 0.3) is 0 Å². The van der Waals surface area contributed by atoms with Crippen molar-refractivity contribution in [3.63, 3.8) is 0 Å². The zero-order chi connectivity index (χ0) is 16.3. The standard InChI is InChI=1S/C12H17NO6S2/c1-9-8-11(21(17,18)19)5-6-12(9)13-10(2)4-3-7-20(14,15)16/h5-6,8H,3-4,7H2,1-2H3,(H,14,15,16)(H,17,18,19). The molecule has 118 valence electrons. The van der Waals surface area contributed by atoms with Crippen LogP contribution in [-0.4, -0.2) is 37.4 Å². The van der Waals surface area contributed by atoms with Gasteiger partial charge in [0.2, 0.25) is 0 Å². The summed E-state index contributed by atoms with van der Waals surface area (Å²) in [5.41, 5.74) is 1.76. The third kappa shape index (κ3) is 6.34. The van der Waals surface area contributed by atoms with Crippen LogP contribution in [0.3, 0.4) is 0 Å². The molecular weight excluding hydrogens is 318 g/mol. The first kappa shape index (κ1) is 17.8. The maximum Gasteiger partial charge on any atom is 0.294 e. The molecule has 0 aliphatic heterocycles. The Bertz CT molecular complexity index is 750. The summed E-state index contributed by atoms with van der Waals surface area (Å²) in [4.78, 5) is 4.06. The van der Waals surface area contributed by atoms with Crippen LogP contribution in [0.2, 0.25) is 0 Å². The van der Waals surface area contributed by atoms with E-state index < -0.39 is 20.2 Å². The SMILES string of the molecule is CC(CCCS(=O)(=O)O)=Nc1ccc(S(=O)(=O)O)cc1C. The van der Waals surface area contributed by atoms with E-state index >= 15 is 0 Å². The molecule has 0 bridgehead atoms. The number of hydrogen-bond donors (Lipinski definition) is 2. The van der Waals surface area contributed by atoms with Crippen molar-refractivity contribution in [2.24, 2.45) is 4.99 Å². The highest BCUT2D eigenvalue weighted by atomic mass is 32.2. The number of rotatable bonds is 6. The largest absolute Gasteiger partial charge is 0.294 e. The van der Waals surface area contributed by atoms with E-state index in [0.717, 1.165) is 0 Å². The summed E-state index contributed by atoms with van der Waals surface area (Å²) in [5.74, 6) is -0.333. The van der Waals surface area contributed by atoms with Gasteiger partial charge in [-0.3, -0.25) is 14.1 Å². The molecule has 2 N–H and O–H groups in total. The van der Waals surface area contributed by atoms with Crippen molar-refractivity contribution in [1.29, 1.82) is 0 Å². The molecule has 0 heterocycles. The Morgan fingerprint density at radius 2 is 1.81 bits per heavy atom. The van der Waals surface area contributed by atoms with Gasteiger partial charge in [-0.05, 0) is 50.5 Å². The average Bonchev–Trinajstić information content (AvgIpc) is 2.28. The fourth-order valence-corrected chi connectivity index (χ4v) is 2.76. The Kier molecular flexibility index (Phi) is 5.62. The third-order valence-electron chi connectivity index (χ3n) is 2.72. The van der Waals surface area contributed by atoms with Gasteiger partial charge in [-0.25, -0.2) is 0 Å². The highest BCUT2D eigenvalue weighted by Gasteiger charge is 2.11. The van der Waals surface area contributed by atoms with Crippen LogP contribution in [0, 0.1) is 6.92 Å². The Morgan fingerprint density at radius 3 is 2.29 bits per heavy atom. The Labute approximate surface area is 124 Å². The van der Waals surface area contributed by atoms with Crippen molar-refractivity contribution in [3.8, 4) is 0 Å². The summed E-state index contributed by atoms with van der Waals surface area (Å²) in [7, 11) is -8.22. The van der Waals surface area contributed by atoms with Crippen LogP contribution < -0.4 is 0 Å². The van der Waals surface area contributed by atoms with Gasteiger partial charge in [0.15, 0.2) is 0 Å². The maximum atomic E-state index is 11.0. The van der Waals surface area contributed by atoms with Crippen molar-refractivity contribution in [3.05, 3.63) is 23.8 Å². The monoisotopic (exact) mass is 335 g/mol. The molecule has 0 aliphatic carbocycles. The lowest BCUT2D eigenvalue weighted by atomic mass is 10.2. The van der Waals surface area contributed by atoms with Crippen molar-refractivity contribution in [2.75, 3.05) is 5.75 Å². The van der Waals surface area contributed by atoms with E-state index in [4.69, 9.17) is 9.11 Å². The highest BCUT2D eigenvalue weighted by Crippen LogP contribution is 2.22. The molecule has 7 nitrogen and oxygen atoms in total. The fourth-order valence-electron chi connectivity index (χ4n) is 1.69. The van der Waals surface area contributed by atoms with E-state index in [-0.39, 0.29) is 17.1 Å². The molecule has 0 fully saturated rings. The molecule has 0 unspecified atom stereocenters. The van der Waals surface area contributed by atoms with Crippen LogP contribution in [0.1, 0.15) is 25.3 Å². The first-order valence-electron chi connectivity index (χ1n) is 6.06. The smallest absolute Gasteiger partial charge is 0.286 e. The summed E-state index contributed by atoms with van der Waals surface area (Å²) >= 11 is 0. The minimum absolute atomic E-state index is 0.206. The lowest BCUT2D eigenvalue weighted by molar-refractivity contribution is 0.480. The van der Waals surface area contributed by atoms with Crippen molar-refractivity contribution >= 4 is 31.6 Å². The number of hydrogen-bond acceptors (Lipinski definition) is 5. The molecule has 1 aromatic rings. The van der Waals surface area contributed by atoms with Gasteiger partial charge in [-0.1, -0.05) is 0 Å². The zero-order valence-electron chi connectivity index (χ0n) is 11.6. The van der Waals surface area contributed by atoms with E-state index in [1.165, 1.54) is 18.2 Å². The molecule has 0 aliphatic rings. The van der Waals surface area contributed by atoms with Crippen LogP contribution in [0.15, 0.2) is 28.1 Å². The summed E-state index contributed by atoms with van der Waals surface area (Å²) in [6.07, 6.45) is 0.635. The molecule has 0 atom stereocenters. The predicted molar refractivity (Wildman–Crippen MR) is 79.4 cm³/mol. The van der Waals surface area contributed by atoms with Gasteiger partial charge in [0.1, 0.15) is 0 Å². The summed E-state index contributed by atoms with van der Waals surface area (Å²) in [6.45, 7) is 3.36. The molecule has 0 amide bonds. The summed E-state index contributed by atoms with van der Waals surface area (Å²) in [5, 5.41) is 0.